The van der Waals surface area contributed by atoms with Gasteiger partial charge in [0.2, 0.25) is 0 Å². The first-order chi connectivity index (χ1) is 7.55. The Morgan fingerprint density at radius 3 is 1.94 bits per heavy atom. The lowest BCUT2D eigenvalue weighted by Crippen LogP contribution is -2.28. The first kappa shape index (κ1) is 13.0. The Bertz CT molecular complexity index is 310. The second-order valence-corrected chi connectivity index (χ2v) is 4.81. The molecule has 0 saturated carbocycles. The Hall–Kier alpha value is -1.02. The Morgan fingerprint density at radius 2 is 1.56 bits per heavy atom. The summed E-state index contributed by atoms with van der Waals surface area (Å²) in [7, 11) is 0. The number of benzene rings is 1. The van der Waals surface area contributed by atoms with E-state index in [-0.39, 0.29) is 5.41 Å². The van der Waals surface area contributed by atoms with Gasteiger partial charge in [-0.25, -0.2) is 0 Å². The molecular weight excluding hydrogens is 196 g/mol. The number of nitrogens with two attached hydrogens (primary N) is 1. The van der Waals surface area contributed by atoms with E-state index in [9.17, 15) is 0 Å². The van der Waals surface area contributed by atoms with E-state index in [0.29, 0.717) is 6.54 Å². The molecule has 0 aromatic heterocycles. The van der Waals surface area contributed by atoms with Crippen molar-refractivity contribution in [2.24, 2.45) is 5.73 Å². The molecule has 0 amide bonds. The minimum atomic E-state index is 0.0712. The van der Waals surface area contributed by atoms with Crippen molar-refractivity contribution in [1.82, 2.24) is 0 Å². The van der Waals surface area contributed by atoms with E-state index in [2.05, 4.69) is 56.9 Å². The van der Waals surface area contributed by atoms with E-state index < -0.39 is 0 Å². The highest BCUT2D eigenvalue weighted by Gasteiger charge is 2.18. The van der Waals surface area contributed by atoms with Gasteiger partial charge in [-0.05, 0) is 31.5 Å². The van der Waals surface area contributed by atoms with Crippen molar-refractivity contribution in [2.75, 3.05) is 24.5 Å². The Morgan fingerprint density at radius 1 is 1.06 bits per heavy atom. The minimum absolute atomic E-state index is 0.0712. The number of anilines is 1. The Labute approximate surface area is 99.5 Å². The van der Waals surface area contributed by atoms with Gasteiger partial charge in [0, 0.05) is 30.7 Å². The van der Waals surface area contributed by atoms with Crippen LogP contribution in [0.1, 0.15) is 33.3 Å². The van der Waals surface area contributed by atoms with Gasteiger partial charge in [0.05, 0.1) is 0 Å². The zero-order valence-corrected chi connectivity index (χ0v) is 11.0. The molecular formula is C14H24N2. The molecule has 0 spiro atoms. The van der Waals surface area contributed by atoms with Crippen molar-refractivity contribution < 1.29 is 0 Å². The second kappa shape index (κ2) is 5.35. The molecule has 0 heterocycles. The summed E-state index contributed by atoms with van der Waals surface area (Å²) >= 11 is 0. The van der Waals surface area contributed by atoms with Crippen LogP contribution in [0.3, 0.4) is 0 Å². The zero-order valence-electron chi connectivity index (χ0n) is 11.0. The van der Waals surface area contributed by atoms with E-state index in [1.807, 2.05) is 0 Å². The van der Waals surface area contributed by atoms with Crippen LogP contribution < -0.4 is 10.6 Å². The third kappa shape index (κ3) is 2.76. The zero-order chi connectivity index (χ0) is 12.2. The van der Waals surface area contributed by atoms with Crippen molar-refractivity contribution in [2.45, 2.75) is 33.1 Å². The Balaban J connectivity index is 2.90. The first-order valence-electron chi connectivity index (χ1n) is 6.10. The lowest BCUT2D eigenvalue weighted by atomic mass is 9.85. The van der Waals surface area contributed by atoms with Gasteiger partial charge in [0.25, 0.3) is 0 Å². The maximum Gasteiger partial charge on any atom is 0.0366 e. The van der Waals surface area contributed by atoms with Crippen LogP contribution in [0.4, 0.5) is 5.69 Å². The minimum Gasteiger partial charge on any atom is -0.372 e. The third-order valence-corrected chi connectivity index (χ3v) is 3.29. The molecule has 0 atom stereocenters. The SMILES string of the molecule is CCN(CC)c1ccc(C(C)(C)CN)cc1. The van der Waals surface area contributed by atoms with Crippen molar-refractivity contribution in [1.29, 1.82) is 0 Å². The van der Waals surface area contributed by atoms with Crippen LogP contribution in [0.2, 0.25) is 0 Å². The van der Waals surface area contributed by atoms with Crippen LogP contribution >= 0.6 is 0 Å². The monoisotopic (exact) mass is 220 g/mol. The topological polar surface area (TPSA) is 29.3 Å². The number of hydrogen-bond donors (Lipinski definition) is 1. The van der Waals surface area contributed by atoms with E-state index in [1.165, 1.54) is 11.3 Å². The molecule has 90 valence electrons. The van der Waals surface area contributed by atoms with Crippen LogP contribution in [0.5, 0.6) is 0 Å². The third-order valence-electron chi connectivity index (χ3n) is 3.29. The lowest BCUT2D eigenvalue weighted by Gasteiger charge is -2.25. The molecule has 2 heteroatoms. The highest BCUT2D eigenvalue weighted by molar-refractivity contribution is 5.48. The van der Waals surface area contributed by atoms with Gasteiger partial charge >= 0.3 is 0 Å². The molecule has 1 aromatic rings. The smallest absolute Gasteiger partial charge is 0.0366 e. The molecule has 1 aromatic carbocycles. The summed E-state index contributed by atoms with van der Waals surface area (Å²) in [6.45, 7) is 11.5. The molecule has 0 bridgehead atoms. The average Bonchev–Trinajstić information content (AvgIpc) is 2.31. The van der Waals surface area contributed by atoms with Crippen LogP contribution in [0, 0.1) is 0 Å². The highest BCUT2D eigenvalue weighted by Crippen LogP contribution is 2.24. The van der Waals surface area contributed by atoms with Crippen molar-refractivity contribution in [3.8, 4) is 0 Å². The lowest BCUT2D eigenvalue weighted by molar-refractivity contribution is 0.539. The summed E-state index contributed by atoms with van der Waals surface area (Å²) in [5.74, 6) is 0. The van der Waals surface area contributed by atoms with Crippen molar-refractivity contribution in [3.05, 3.63) is 29.8 Å². The molecule has 0 saturated heterocycles. The van der Waals surface area contributed by atoms with Gasteiger partial charge in [-0.2, -0.15) is 0 Å². The fraction of sp³-hybridized carbons (Fsp3) is 0.571. The summed E-state index contributed by atoms with van der Waals surface area (Å²) in [5.41, 5.74) is 8.45. The summed E-state index contributed by atoms with van der Waals surface area (Å²) in [4.78, 5) is 2.35. The molecule has 0 aliphatic carbocycles. The van der Waals surface area contributed by atoms with E-state index in [1.54, 1.807) is 0 Å². The van der Waals surface area contributed by atoms with Crippen LogP contribution in [-0.4, -0.2) is 19.6 Å². The van der Waals surface area contributed by atoms with Crippen molar-refractivity contribution >= 4 is 5.69 Å². The maximum atomic E-state index is 5.78. The number of nitrogens with zero attached hydrogens (tertiary/aromatic N) is 1. The van der Waals surface area contributed by atoms with Gasteiger partial charge in [0.1, 0.15) is 0 Å². The van der Waals surface area contributed by atoms with Gasteiger partial charge in [0.15, 0.2) is 0 Å². The molecule has 0 aliphatic rings. The van der Waals surface area contributed by atoms with Gasteiger partial charge in [-0.1, -0.05) is 26.0 Å². The van der Waals surface area contributed by atoms with E-state index in [0.717, 1.165) is 13.1 Å². The average molecular weight is 220 g/mol. The largest absolute Gasteiger partial charge is 0.372 e. The molecule has 0 radical (unpaired) electrons. The standard InChI is InChI=1S/C14H24N2/c1-5-16(6-2)13-9-7-12(8-10-13)14(3,4)11-15/h7-10H,5-6,11,15H2,1-4H3. The molecule has 16 heavy (non-hydrogen) atoms. The number of rotatable bonds is 5. The van der Waals surface area contributed by atoms with Gasteiger partial charge in [-0.15, -0.1) is 0 Å². The predicted octanol–water partition coefficient (Wildman–Crippen LogP) is 2.77. The quantitative estimate of drug-likeness (QED) is 0.826. The maximum absolute atomic E-state index is 5.78. The molecule has 2 nitrogen and oxygen atoms in total. The fourth-order valence-electron chi connectivity index (χ4n) is 1.83. The number of hydrogen-bond acceptors (Lipinski definition) is 2. The van der Waals surface area contributed by atoms with E-state index >= 15 is 0 Å². The Kier molecular flexibility index (Phi) is 4.36. The summed E-state index contributed by atoms with van der Waals surface area (Å²) < 4.78 is 0. The molecule has 1 rings (SSSR count). The molecule has 0 unspecified atom stereocenters. The molecule has 2 N–H and O–H groups in total. The predicted molar refractivity (Wildman–Crippen MR) is 72.1 cm³/mol. The van der Waals surface area contributed by atoms with Crippen LogP contribution in [-0.2, 0) is 5.41 Å². The molecule has 0 fully saturated rings. The normalized spacial score (nSPS) is 11.6. The van der Waals surface area contributed by atoms with Gasteiger partial charge in [-0.3, -0.25) is 0 Å². The van der Waals surface area contributed by atoms with Crippen LogP contribution in [0.25, 0.3) is 0 Å². The molecule has 0 aliphatic heterocycles. The fourth-order valence-corrected chi connectivity index (χ4v) is 1.83. The first-order valence-corrected chi connectivity index (χ1v) is 6.10. The second-order valence-electron chi connectivity index (χ2n) is 4.81. The summed E-state index contributed by atoms with van der Waals surface area (Å²) in [5, 5.41) is 0. The highest BCUT2D eigenvalue weighted by atomic mass is 15.1. The van der Waals surface area contributed by atoms with Gasteiger partial charge < -0.3 is 10.6 Å². The van der Waals surface area contributed by atoms with Crippen LogP contribution in [0.15, 0.2) is 24.3 Å². The summed E-state index contributed by atoms with van der Waals surface area (Å²) in [6, 6.07) is 8.78. The summed E-state index contributed by atoms with van der Waals surface area (Å²) in [6.07, 6.45) is 0. The van der Waals surface area contributed by atoms with Crippen molar-refractivity contribution in [3.63, 3.8) is 0 Å². The van der Waals surface area contributed by atoms with E-state index in [4.69, 9.17) is 5.73 Å².